The van der Waals surface area contributed by atoms with Crippen molar-refractivity contribution in [2.45, 2.75) is 53.1 Å². The average molecular weight is 263 g/mol. The van der Waals surface area contributed by atoms with Crippen molar-refractivity contribution in [1.82, 2.24) is 14.8 Å². The van der Waals surface area contributed by atoms with E-state index in [-0.39, 0.29) is 0 Å². The molecule has 1 aliphatic heterocycles. The molecule has 1 aromatic rings. The van der Waals surface area contributed by atoms with Crippen molar-refractivity contribution in [2.75, 3.05) is 26.2 Å². The molecule has 0 radical (unpaired) electrons. The minimum Gasteiger partial charge on any atom is -0.349 e. The zero-order valence-electron chi connectivity index (χ0n) is 12.8. The van der Waals surface area contributed by atoms with Crippen LogP contribution in [-0.4, -0.2) is 35.6 Å². The standard InChI is InChI=1S/C16H29N3/c1-4-19-14(2)12-16(15(19)3)13-17-8-11-18-9-6-5-7-10-18/h12,17H,4-11,13H2,1-3H3. The van der Waals surface area contributed by atoms with E-state index in [9.17, 15) is 0 Å². The number of likely N-dealkylation sites (tertiary alicyclic amines) is 1. The van der Waals surface area contributed by atoms with Crippen molar-refractivity contribution < 1.29 is 0 Å². The van der Waals surface area contributed by atoms with Gasteiger partial charge >= 0.3 is 0 Å². The van der Waals surface area contributed by atoms with Gasteiger partial charge in [-0.05, 0) is 58.3 Å². The van der Waals surface area contributed by atoms with Gasteiger partial charge in [-0.3, -0.25) is 0 Å². The second-order valence-corrected chi connectivity index (χ2v) is 5.72. The third kappa shape index (κ3) is 3.83. The van der Waals surface area contributed by atoms with E-state index in [0.29, 0.717) is 0 Å². The molecule has 0 spiro atoms. The number of hydrogen-bond donors (Lipinski definition) is 1. The molecule has 108 valence electrons. The van der Waals surface area contributed by atoms with E-state index in [1.54, 1.807) is 0 Å². The fraction of sp³-hybridized carbons (Fsp3) is 0.750. The van der Waals surface area contributed by atoms with Crippen molar-refractivity contribution >= 4 is 0 Å². The zero-order chi connectivity index (χ0) is 13.7. The van der Waals surface area contributed by atoms with E-state index in [1.807, 2.05) is 0 Å². The number of nitrogens with one attached hydrogen (secondary N) is 1. The molecule has 1 aromatic heterocycles. The molecule has 19 heavy (non-hydrogen) atoms. The van der Waals surface area contributed by atoms with Crippen LogP contribution in [0.3, 0.4) is 0 Å². The summed E-state index contributed by atoms with van der Waals surface area (Å²) >= 11 is 0. The van der Waals surface area contributed by atoms with Gasteiger partial charge in [0.2, 0.25) is 0 Å². The fourth-order valence-corrected chi connectivity index (χ4v) is 3.18. The number of piperidine rings is 1. The predicted molar refractivity (Wildman–Crippen MR) is 81.6 cm³/mol. The van der Waals surface area contributed by atoms with Crippen molar-refractivity contribution in [3.05, 3.63) is 23.0 Å². The van der Waals surface area contributed by atoms with Gasteiger partial charge in [0, 0.05) is 37.6 Å². The summed E-state index contributed by atoms with van der Waals surface area (Å²) in [6.07, 6.45) is 4.20. The fourth-order valence-electron chi connectivity index (χ4n) is 3.18. The number of aromatic nitrogens is 1. The first-order valence-corrected chi connectivity index (χ1v) is 7.81. The maximum Gasteiger partial charge on any atom is 0.0223 e. The molecule has 0 unspecified atom stereocenters. The molecule has 2 heterocycles. The van der Waals surface area contributed by atoms with Gasteiger partial charge in [0.1, 0.15) is 0 Å². The van der Waals surface area contributed by atoms with Crippen LogP contribution in [0.15, 0.2) is 6.07 Å². The first-order chi connectivity index (χ1) is 9.22. The molecule has 1 fully saturated rings. The lowest BCUT2D eigenvalue weighted by Crippen LogP contribution is -2.35. The second-order valence-electron chi connectivity index (χ2n) is 5.72. The second kappa shape index (κ2) is 7.11. The van der Waals surface area contributed by atoms with Crippen LogP contribution in [0.5, 0.6) is 0 Å². The van der Waals surface area contributed by atoms with Crippen LogP contribution in [0.2, 0.25) is 0 Å². The molecule has 0 bridgehead atoms. The molecule has 0 aromatic carbocycles. The summed E-state index contributed by atoms with van der Waals surface area (Å²) in [4.78, 5) is 2.59. The Morgan fingerprint density at radius 1 is 1.16 bits per heavy atom. The largest absolute Gasteiger partial charge is 0.349 e. The van der Waals surface area contributed by atoms with Crippen LogP contribution >= 0.6 is 0 Å². The van der Waals surface area contributed by atoms with E-state index >= 15 is 0 Å². The van der Waals surface area contributed by atoms with Gasteiger partial charge in [0.05, 0.1) is 0 Å². The van der Waals surface area contributed by atoms with Crippen LogP contribution in [0.25, 0.3) is 0 Å². The van der Waals surface area contributed by atoms with Gasteiger partial charge in [0.15, 0.2) is 0 Å². The Hall–Kier alpha value is -0.800. The normalized spacial score (nSPS) is 17.0. The molecule has 0 atom stereocenters. The van der Waals surface area contributed by atoms with E-state index in [4.69, 9.17) is 0 Å². The molecule has 1 saturated heterocycles. The number of rotatable bonds is 6. The van der Waals surface area contributed by atoms with E-state index in [1.165, 1.54) is 55.8 Å². The summed E-state index contributed by atoms with van der Waals surface area (Å²) in [5.74, 6) is 0. The lowest BCUT2D eigenvalue weighted by molar-refractivity contribution is 0.229. The Morgan fingerprint density at radius 2 is 1.89 bits per heavy atom. The van der Waals surface area contributed by atoms with E-state index in [0.717, 1.165) is 19.6 Å². The quantitative estimate of drug-likeness (QED) is 0.796. The van der Waals surface area contributed by atoms with E-state index < -0.39 is 0 Å². The number of aryl methyl sites for hydroxylation is 1. The van der Waals surface area contributed by atoms with Crippen molar-refractivity contribution in [2.24, 2.45) is 0 Å². The summed E-state index contributed by atoms with van der Waals surface area (Å²) in [6, 6.07) is 2.33. The van der Waals surface area contributed by atoms with Gasteiger partial charge in [-0.15, -0.1) is 0 Å². The Balaban J connectivity index is 1.73. The molecule has 3 heteroatoms. The SMILES string of the molecule is CCn1c(C)cc(CNCCN2CCCCC2)c1C. The predicted octanol–water partition coefficient (Wildman–Crippen LogP) is 2.70. The maximum absolute atomic E-state index is 3.60. The zero-order valence-corrected chi connectivity index (χ0v) is 12.8. The average Bonchev–Trinajstić information content (AvgIpc) is 2.70. The van der Waals surface area contributed by atoms with Gasteiger partial charge < -0.3 is 14.8 Å². The smallest absolute Gasteiger partial charge is 0.0223 e. The van der Waals surface area contributed by atoms with Crippen LogP contribution < -0.4 is 5.32 Å². The van der Waals surface area contributed by atoms with Gasteiger partial charge in [-0.25, -0.2) is 0 Å². The molecule has 0 aliphatic carbocycles. The highest BCUT2D eigenvalue weighted by atomic mass is 15.1. The van der Waals surface area contributed by atoms with Crippen LogP contribution in [0, 0.1) is 13.8 Å². The Bertz CT molecular complexity index is 389. The topological polar surface area (TPSA) is 20.2 Å². The Kier molecular flexibility index (Phi) is 5.46. The highest BCUT2D eigenvalue weighted by Crippen LogP contribution is 2.14. The highest BCUT2D eigenvalue weighted by molar-refractivity contribution is 5.26. The summed E-state index contributed by atoms with van der Waals surface area (Å²) < 4.78 is 2.39. The third-order valence-electron chi connectivity index (χ3n) is 4.36. The van der Waals surface area contributed by atoms with Crippen LogP contribution in [-0.2, 0) is 13.1 Å². The molecule has 2 rings (SSSR count). The van der Waals surface area contributed by atoms with Crippen molar-refractivity contribution in [3.63, 3.8) is 0 Å². The van der Waals surface area contributed by atoms with Crippen LogP contribution in [0.4, 0.5) is 0 Å². The third-order valence-corrected chi connectivity index (χ3v) is 4.36. The molecule has 1 N–H and O–H groups in total. The monoisotopic (exact) mass is 263 g/mol. The molecule has 0 amide bonds. The molecular weight excluding hydrogens is 234 g/mol. The number of hydrogen-bond acceptors (Lipinski definition) is 2. The maximum atomic E-state index is 3.60. The Morgan fingerprint density at radius 3 is 2.53 bits per heavy atom. The minimum atomic E-state index is 1.01. The van der Waals surface area contributed by atoms with E-state index in [2.05, 4.69) is 41.6 Å². The summed E-state index contributed by atoms with van der Waals surface area (Å²) in [7, 11) is 0. The lowest BCUT2D eigenvalue weighted by Gasteiger charge is -2.26. The van der Waals surface area contributed by atoms with Crippen LogP contribution in [0.1, 0.15) is 43.1 Å². The first kappa shape index (κ1) is 14.6. The van der Waals surface area contributed by atoms with Gasteiger partial charge in [-0.2, -0.15) is 0 Å². The summed E-state index contributed by atoms with van der Waals surface area (Å²) in [6.45, 7) is 13.6. The van der Waals surface area contributed by atoms with Crippen molar-refractivity contribution in [1.29, 1.82) is 0 Å². The summed E-state index contributed by atoms with van der Waals surface area (Å²) in [5.41, 5.74) is 4.26. The highest BCUT2D eigenvalue weighted by Gasteiger charge is 2.10. The van der Waals surface area contributed by atoms with Gasteiger partial charge in [0.25, 0.3) is 0 Å². The molecule has 1 aliphatic rings. The summed E-state index contributed by atoms with van der Waals surface area (Å²) in [5, 5.41) is 3.60. The number of nitrogens with zero attached hydrogens (tertiary/aromatic N) is 2. The Labute approximate surface area is 118 Å². The first-order valence-electron chi connectivity index (χ1n) is 7.81. The lowest BCUT2D eigenvalue weighted by atomic mass is 10.1. The van der Waals surface area contributed by atoms with Crippen molar-refractivity contribution in [3.8, 4) is 0 Å². The molecular formula is C16H29N3. The van der Waals surface area contributed by atoms with Gasteiger partial charge in [-0.1, -0.05) is 6.42 Å². The molecule has 3 nitrogen and oxygen atoms in total. The molecule has 0 saturated carbocycles. The minimum absolute atomic E-state index is 1.01.